The zero-order valence-corrected chi connectivity index (χ0v) is 13.6. The molecule has 0 saturated heterocycles. The molecule has 122 valence electrons. The van der Waals surface area contributed by atoms with Crippen molar-refractivity contribution in [2.45, 2.75) is 25.2 Å². The Morgan fingerprint density at radius 3 is 2.96 bits per heavy atom. The molecule has 1 unspecified atom stereocenters. The molecular formula is C19H19N3O2. The van der Waals surface area contributed by atoms with Crippen LogP contribution >= 0.6 is 0 Å². The van der Waals surface area contributed by atoms with Crippen molar-refractivity contribution in [2.24, 2.45) is 0 Å². The van der Waals surface area contributed by atoms with Gasteiger partial charge in [-0.2, -0.15) is 4.98 Å². The molecule has 24 heavy (non-hydrogen) atoms. The van der Waals surface area contributed by atoms with Crippen LogP contribution in [-0.2, 0) is 6.42 Å². The summed E-state index contributed by atoms with van der Waals surface area (Å²) in [4.78, 5) is 12.8. The molecule has 0 amide bonds. The van der Waals surface area contributed by atoms with Gasteiger partial charge in [0, 0.05) is 12.0 Å². The second-order valence-corrected chi connectivity index (χ2v) is 6.00. The van der Waals surface area contributed by atoms with Gasteiger partial charge in [-0.1, -0.05) is 24.3 Å². The molecule has 1 aromatic carbocycles. The van der Waals surface area contributed by atoms with Crippen LogP contribution in [0.25, 0.3) is 11.0 Å². The maximum Gasteiger partial charge on any atom is 0.226 e. The molecule has 5 nitrogen and oxygen atoms in total. The number of hydrogen-bond donors (Lipinski definition) is 0. The highest BCUT2D eigenvalue weighted by Gasteiger charge is 2.21. The Bertz CT molecular complexity index is 866. The van der Waals surface area contributed by atoms with Crippen LogP contribution in [0.4, 0.5) is 0 Å². The third-order valence-corrected chi connectivity index (χ3v) is 4.56. The first-order valence-corrected chi connectivity index (χ1v) is 8.21. The van der Waals surface area contributed by atoms with Gasteiger partial charge in [-0.25, -0.2) is 9.97 Å². The standard InChI is InChI=1S/C19H19N3O2/c1-23-17-10-9-16-18(22-17)20-12-21-19(16)24-11-14-7-4-6-13-5-2-3-8-15(13)14/h2-3,5,8-10,12,14H,4,6-7,11H2,1H3. The summed E-state index contributed by atoms with van der Waals surface area (Å²) in [5.74, 6) is 1.53. The van der Waals surface area contributed by atoms with E-state index < -0.39 is 0 Å². The Hall–Kier alpha value is -2.69. The summed E-state index contributed by atoms with van der Waals surface area (Å²) < 4.78 is 11.2. The Labute approximate surface area is 140 Å². The third-order valence-electron chi connectivity index (χ3n) is 4.56. The fourth-order valence-corrected chi connectivity index (χ4v) is 3.34. The van der Waals surface area contributed by atoms with Crippen molar-refractivity contribution in [3.05, 3.63) is 53.9 Å². The largest absolute Gasteiger partial charge is 0.481 e. The number of methoxy groups -OCH3 is 1. The predicted octanol–water partition coefficient (Wildman–Crippen LogP) is 3.53. The molecule has 1 aliphatic rings. The molecule has 0 aliphatic heterocycles. The van der Waals surface area contributed by atoms with E-state index >= 15 is 0 Å². The van der Waals surface area contributed by atoms with Gasteiger partial charge in [0.15, 0.2) is 5.65 Å². The van der Waals surface area contributed by atoms with E-state index in [1.54, 1.807) is 13.2 Å². The van der Waals surface area contributed by atoms with Crippen LogP contribution < -0.4 is 9.47 Å². The highest BCUT2D eigenvalue weighted by Crippen LogP contribution is 2.32. The summed E-state index contributed by atoms with van der Waals surface area (Å²) in [6.45, 7) is 0.620. The number of fused-ring (bicyclic) bond motifs is 2. The monoisotopic (exact) mass is 321 g/mol. The third kappa shape index (κ3) is 2.77. The number of aromatic nitrogens is 3. The Kier molecular flexibility index (Phi) is 3.99. The lowest BCUT2D eigenvalue weighted by atomic mass is 9.83. The Morgan fingerprint density at radius 2 is 2.04 bits per heavy atom. The average Bonchev–Trinajstić information content (AvgIpc) is 2.65. The lowest BCUT2D eigenvalue weighted by Gasteiger charge is -2.25. The normalized spacial score (nSPS) is 16.6. The number of pyridine rings is 1. The Morgan fingerprint density at radius 1 is 1.12 bits per heavy atom. The van der Waals surface area contributed by atoms with Crippen molar-refractivity contribution in [3.63, 3.8) is 0 Å². The summed E-state index contributed by atoms with van der Waals surface area (Å²) in [6.07, 6.45) is 4.99. The zero-order chi connectivity index (χ0) is 16.4. The fraction of sp³-hybridized carbons (Fsp3) is 0.316. The summed E-state index contributed by atoms with van der Waals surface area (Å²) in [6, 6.07) is 12.3. The maximum atomic E-state index is 6.06. The summed E-state index contributed by atoms with van der Waals surface area (Å²) >= 11 is 0. The van der Waals surface area contributed by atoms with Crippen molar-refractivity contribution in [3.8, 4) is 11.8 Å². The number of benzene rings is 1. The molecule has 0 saturated carbocycles. The fourth-order valence-electron chi connectivity index (χ4n) is 3.34. The van der Waals surface area contributed by atoms with Gasteiger partial charge >= 0.3 is 0 Å². The quantitative estimate of drug-likeness (QED) is 0.736. The molecule has 0 N–H and O–H groups in total. The molecule has 0 bridgehead atoms. The van der Waals surface area contributed by atoms with Crippen molar-refractivity contribution in [1.82, 2.24) is 15.0 Å². The highest BCUT2D eigenvalue weighted by molar-refractivity contribution is 5.80. The smallest absolute Gasteiger partial charge is 0.226 e. The van der Waals surface area contributed by atoms with Gasteiger partial charge in [0.2, 0.25) is 11.8 Å². The minimum absolute atomic E-state index is 0.408. The summed E-state index contributed by atoms with van der Waals surface area (Å²) in [5, 5.41) is 0.808. The molecule has 0 radical (unpaired) electrons. The predicted molar refractivity (Wildman–Crippen MR) is 91.5 cm³/mol. The number of ether oxygens (including phenoxy) is 2. The van der Waals surface area contributed by atoms with Crippen LogP contribution in [0, 0.1) is 0 Å². The van der Waals surface area contributed by atoms with E-state index in [-0.39, 0.29) is 0 Å². The first kappa shape index (κ1) is 14.9. The van der Waals surface area contributed by atoms with Gasteiger partial charge in [-0.15, -0.1) is 0 Å². The molecule has 4 rings (SSSR count). The van der Waals surface area contributed by atoms with E-state index in [0.717, 1.165) is 18.2 Å². The lowest BCUT2D eigenvalue weighted by molar-refractivity contribution is 0.268. The first-order valence-electron chi connectivity index (χ1n) is 8.21. The second-order valence-electron chi connectivity index (χ2n) is 6.00. The number of nitrogens with zero attached hydrogens (tertiary/aromatic N) is 3. The molecule has 2 heterocycles. The first-order chi connectivity index (χ1) is 11.8. The van der Waals surface area contributed by atoms with E-state index in [9.17, 15) is 0 Å². The van der Waals surface area contributed by atoms with E-state index in [0.29, 0.717) is 29.9 Å². The van der Waals surface area contributed by atoms with Crippen LogP contribution in [0.2, 0.25) is 0 Å². The minimum atomic E-state index is 0.408. The molecule has 5 heteroatoms. The number of hydrogen-bond acceptors (Lipinski definition) is 5. The van der Waals surface area contributed by atoms with Crippen LogP contribution in [0.5, 0.6) is 11.8 Å². The molecule has 0 spiro atoms. The van der Waals surface area contributed by atoms with Crippen molar-refractivity contribution >= 4 is 11.0 Å². The van der Waals surface area contributed by atoms with Crippen molar-refractivity contribution < 1.29 is 9.47 Å². The lowest BCUT2D eigenvalue weighted by Crippen LogP contribution is -2.17. The van der Waals surface area contributed by atoms with Crippen molar-refractivity contribution in [1.29, 1.82) is 0 Å². The van der Waals surface area contributed by atoms with Crippen molar-refractivity contribution in [2.75, 3.05) is 13.7 Å². The van der Waals surface area contributed by atoms with Gasteiger partial charge < -0.3 is 9.47 Å². The van der Waals surface area contributed by atoms with E-state index in [2.05, 4.69) is 39.2 Å². The van der Waals surface area contributed by atoms with Crippen LogP contribution in [0.15, 0.2) is 42.7 Å². The SMILES string of the molecule is COc1ccc2c(OCC3CCCc4ccccc43)ncnc2n1. The topological polar surface area (TPSA) is 57.1 Å². The van der Waals surface area contributed by atoms with Gasteiger partial charge in [0.05, 0.1) is 19.1 Å². The minimum Gasteiger partial charge on any atom is -0.481 e. The molecule has 0 fully saturated rings. The van der Waals surface area contributed by atoms with Gasteiger partial charge in [0.1, 0.15) is 6.33 Å². The van der Waals surface area contributed by atoms with Crippen LogP contribution in [0.1, 0.15) is 29.9 Å². The van der Waals surface area contributed by atoms with E-state index in [4.69, 9.17) is 9.47 Å². The molecule has 1 atom stereocenters. The summed E-state index contributed by atoms with van der Waals surface area (Å²) in [7, 11) is 1.59. The molecule has 3 aromatic rings. The number of rotatable bonds is 4. The summed E-state index contributed by atoms with van der Waals surface area (Å²) in [5.41, 5.74) is 3.43. The van der Waals surface area contributed by atoms with Gasteiger partial charge in [0.25, 0.3) is 0 Å². The van der Waals surface area contributed by atoms with E-state index in [1.165, 1.54) is 23.9 Å². The molecule has 2 aromatic heterocycles. The molecular weight excluding hydrogens is 302 g/mol. The molecule has 1 aliphatic carbocycles. The highest BCUT2D eigenvalue weighted by atomic mass is 16.5. The van der Waals surface area contributed by atoms with Crippen LogP contribution in [-0.4, -0.2) is 28.7 Å². The zero-order valence-electron chi connectivity index (χ0n) is 13.6. The number of aryl methyl sites for hydroxylation is 1. The van der Waals surface area contributed by atoms with E-state index in [1.807, 2.05) is 6.07 Å². The van der Waals surface area contributed by atoms with Gasteiger partial charge in [-0.3, -0.25) is 0 Å². The maximum absolute atomic E-state index is 6.06. The second kappa shape index (κ2) is 6.43. The van der Waals surface area contributed by atoms with Gasteiger partial charge in [-0.05, 0) is 36.5 Å². The Balaban J connectivity index is 1.58. The van der Waals surface area contributed by atoms with Crippen LogP contribution in [0.3, 0.4) is 0 Å². The average molecular weight is 321 g/mol.